The van der Waals surface area contributed by atoms with Gasteiger partial charge in [-0.05, 0) is 36.6 Å². The highest BCUT2D eigenvalue weighted by Gasteiger charge is 2.26. The summed E-state index contributed by atoms with van der Waals surface area (Å²) in [6.07, 6.45) is 3.54. The van der Waals surface area contributed by atoms with Gasteiger partial charge in [-0.2, -0.15) is 0 Å². The summed E-state index contributed by atoms with van der Waals surface area (Å²) in [5.74, 6) is -0.232. The number of hydrogen-bond acceptors (Lipinski definition) is 2. The van der Waals surface area contributed by atoms with Crippen LogP contribution in [0, 0.1) is 0 Å². The molecule has 4 nitrogen and oxygen atoms in total. The van der Waals surface area contributed by atoms with Crippen LogP contribution in [-0.2, 0) is 6.42 Å². The van der Waals surface area contributed by atoms with Crippen LogP contribution in [-0.4, -0.2) is 22.9 Å². The molecule has 1 aliphatic rings. The van der Waals surface area contributed by atoms with Gasteiger partial charge >= 0.3 is 0 Å². The second-order valence-corrected chi connectivity index (χ2v) is 6.72. The zero-order chi connectivity index (χ0) is 17.6. The molecule has 0 radical (unpaired) electrons. The molecular formula is C20H17ClN2O2. The Labute approximate surface area is 150 Å². The molecular weight excluding hydrogens is 336 g/mol. The largest absolute Gasteiger partial charge is 0.308 e. The average molecular weight is 353 g/mol. The molecule has 1 aromatic heterocycles. The molecule has 0 unspecified atom stereocenters. The van der Waals surface area contributed by atoms with Crippen molar-refractivity contribution in [1.29, 1.82) is 0 Å². The van der Waals surface area contributed by atoms with Crippen LogP contribution in [0.1, 0.15) is 34.1 Å². The molecule has 5 heteroatoms. The predicted octanol–water partition coefficient (Wildman–Crippen LogP) is 4.55. The van der Waals surface area contributed by atoms with Crippen LogP contribution < -0.4 is 4.90 Å². The van der Waals surface area contributed by atoms with E-state index in [1.54, 1.807) is 24.4 Å². The Hall–Kier alpha value is -2.59. The molecule has 0 aliphatic carbocycles. The highest BCUT2D eigenvalue weighted by Crippen LogP contribution is 2.31. The Balaban J connectivity index is 1.86. The molecule has 126 valence electrons. The van der Waals surface area contributed by atoms with Gasteiger partial charge in [0.2, 0.25) is 5.91 Å². The van der Waals surface area contributed by atoms with Crippen LogP contribution in [0.4, 0.5) is 5.69 Å². The first kappa shape index (κ1) is 15.9. The van der Waals surface area contributed by atoms with Crippen molar-refractivity contribution in [3.63, 3.8) is 0 Å². The fourth-order valence-corrected chi connectivity index (χ4v) is 3.69. The number of hydrogen-bond donors (Lipinski definition) is 0. The number of benzene rings is 2. The topological polar surface area (TPSA) is 42.3 Å². The van der Waals surface area contributed by atoms with Crippen molar-refractivity contribution in [3.05, 3.63) is 64.8 Å². The fraction of sp³-hybridized carbons (Fsp3) is 0.200. The van der Waals surface area contributed by atoms with E-state index in [0.29, 0.717) is 22.6 Å². The molecule has 1 aliphatic heterocycles. The van der Waals surface area contributed by atoms with Crippen LogP contribution in [0.5, 0.6) is 0 Å². The molecule has 0 saturated carbocycles. The maximum Gasteiger partial charge on any atom is 0.260 e. The number of halogens is 1. The minimum Gasteiger partial charge on any atom is -0.308 e. The maximum absolute atomic E-state index is 13.3. The fourth-order valence-electron chi connectivity index (χ4n) is 3.52. The number of amides is 1. The van der Waals surface area contributed by atoms with E-state index in [9.17, 15) is 9.59 Å². The number of rotatable bonds is 1. The van der Waals surface area contributed by atoms with Crippen molar-refractivity contribution >= 4 is 40.0 Å². The highest BCUT2D eigenvalue weighted by atomic mass is 35.5. The molecule has 0 fully saturated rings. The van der Waals surface area contributed by atoms with Crippen LogP contribution in [0.2, 0.25) is 5.02 Å². The smallest absolute Gasteiger partial charge is 0.260 e. The van der Waals surface area contributed by atoms with Gasteiger partial charge in [-0.15, -0.1) is 0 Å². The first-order valence-corrected chi connectivity index (χ1v) is 8.65. The second-order valence-electron chi connectivity index (χ2n) is 6.28. The monoisotopic (exact) mass is 352 g/mol. The lowest BCUT2D eigenvalue weighted by Crippen LogP contribution is -2.35. The highest BCUT2D eigenvalue weighted by molar-refractivity contribution is 6.31. The Bertz CT molecular complexity index is 1010. The van der Waals surface area contributed by atoms with Gasteiger partial charge < -0.3 is 4.90 Å². The minimum atomic E-state index is -0.148. The molecule has 3 aromatic rings. The van der Waals surface area contributed by atoms with E-state index >= 15 is 0 Å². The van der Waals surface area contributed by atoms with Crippen molar-refractivity contribution < 1.29 is 9.59 Å². The minimum absolute atomic E-state index is 0.0838. The lowest BCUT2D eigenvalue weighted by molar-refractivity contribution is 0.0941. The molecule has 0 atom stereocenters. The van der Waals surface area contributed by atoms with Crippen LogP contribution in [0.15, 0.2) is 48.7 Å². The van der Waals surface area contributed by atoms with Gasteiger partial charge in [0.05, 0.1) is 11.1 Å². The van der Waals surface area contributed by atoms with Gasteiger partial charge in [-0.25, -0.2) is 0 Å². The molecule has 25 heavy (non-hydrogen) atoms. The molecule has 0 spiro atoms. The summed E-state index contributed by atoms with van der Waals surface area (Å²) in [5, 5.41) is 1.28. The third-order valence-electron chi connectivity index (χ3n) is 4.69. The van der Waals surface area contributed by atoms with Crippen LogP contribution >= 0.6 is 11.6 Å². The van der Waals surface area contributed by atoms with Gasteiger partial charge in [0, 0.05) is 35.8 Å². The number of aromatic nitrogens is 1. The van der Waals surface area contributed by atoms with Crippen molar-refractivity contribution in [1.82, 2.24) is 4.57 Å². The van der Waals surface area contributed by atoms with E-state index in [2.05, 4.69) is 6.07 Å². The first-order chi connectivity index (χ1) is 12.1. The van der Waals surface area contributed by atoms with E-state index in [1.165, 1.54) is 17.1 Å². The lowest BCUT2D eigenvalue weighted by Gasteiger charge is -2.29. The van der Waals surface area contributed by atoms with Crippen molar-refractivity contribution in [3.8, 4) is 0 Å². The summed E-state index contributed by atoms with van der Waals surface area (Å²) in [7, 11) is 0. The number of fused-ring (bicyclic) bond motifs is 2. The zero-order valence-electron chi connectivity index (χ0n) is 13.8. The van der Waals surface area contributed by atoms with Crippen molar-refractivity contribution in [2.75, 3.05) is 11.4 Å². The number of aryl methyl sites for hydroxylation is 1. The second kappa shape index (κ2) is 6.05. The van der Waals surface area contributed by atoms with E-state index in [-0.39, 0.29) is 11.8 Å². The first-order valence-electron chi connectivity index (χ1n) is 8.27. The number of anilines is 1. The molecule has 2 aromatic carbocycles. The number of nitrogens with zero attached hydrogens (tertiary/aromatic N) is 2. The molecule has 0 saturated heterocycles. The Kier molecular flexibility index (Phi) is 3.85. The molecule has 0 bridgehead atoms. The standard InChI is InChI=1S/C20H17ClN2O2/c1-13(24)23-12-17(16-9-8-15(21)11-19(16)23)20(25)22-10-4-6-14-5-2-3-7-18(14)22/h2-3,5,7-9,11-12H,4,6,10H2,1H3. The summed E-state index contributed by atoms with van der Waals surface area (Å²) >= 11 is 6.08. The van der Waals surface area contributed by atoms with Crippen molar-refractivity contribution in [2.45, 2.75) is 19.8 Å². The third-order valence-corrected chi connectivity index (χ3v) is 4.93. The van der Waals surface area contributed by atoms with E-state index in [4.69, 9.17) is 11.6 Å². The quantitative estimate of drug-likeness (QED) is 0.645. The van der Waals surface area contributed by atoms with Crippen LogP contribution in [0.25, 0.3) is 10.9 Å². The summed E-state index contributed by atoms with van der Waals surface area (Å²) < 4.78 is 1.49. The number of para-hydroxylation sites is 1. The van der Waals surface area contributed by atoms with Crippen molar-refractivity contribution in [2.24, 2.45) is 0 Å². The van der Waals surface area contributed by atoms with Gasteiger partial charge in [0.15, 0.2) is 0 Å². The maximum atomic E-state index is 13.3. The summed E-state index contributed by atoms with van der Waals surface area (Å²) in [5.41, 5.74) is 3.32. The van der Waals surface area contributed by atoms with Gasteiger partial charge in [0.1, 0.15) is 0 Å². The summed E-state index contributed by atoms with van der Waals surface area (Å²) in [6, 6.07) is 13.3. The molecule has 1 amide bonds. The SMILES string of the molecule is CC(=O)n1cc(C(=O)N2CCCc3ccccc32)c2ccc(Cl)cc21. The predicted molar refractivity (Wildman–Crippen MR) is 99.7 cm³/mol. The molecule has 0 N–H and O–H groups in total. The Morgan fingerprint density at radius 1 is 1.12 bits per heavy atom. The average Bonchev–Trinajstić information content (AvgIpc) is 2.99. The number of carbonyl (C=O) groups excluding carboxylic acids is 2. The summed E-state index contributed by atoms with van der Waals surface area (Å²) in [4.78, 5) is 27.1. The number of carbonyl (C=O) groups is 2. The van der Waals surface area contributed by atoms with E-state index in [1.807, 2.05) is 23.1 Å². The summed E-state index contributed by atoms with van der Waals surface area (Å²) in [6.45, 7) is 2.15. The molecule has 2 heterocycles. The molecule has 4 rings (SSSR count). The third kappa shape index (κ3) is 2.63. The zero-order valence-corrected chi connectivity index (χ0v) is 14.6. The Morgan fingerprint density at radius 2 is 1.92 bits per heavy atom. The Morgan fingerprint density at radius 3 is 2.72 bits per heavy atom. The van der Waals surface area contributed by atoms with E-state index < -0.39 is 0 Å². The van der Waals surface area contributed by atoms with E-state index in [0.717, 1.165) is 23.9 Å². The van der Waals surface area contributed by atoms with Gasteiger partial charge in [-0.1, -0.05) is 35.9 Å². The van der Waals surface area contributed by atoms with Gasteiger partial charge in [0.25, 0.3) is 5.91 Å². The normalized spacial score (nSPS) is 13.8. The lowest BCUT2D eigenvalue weighted by atomic mass is 10.0. The van der Waals surface area contributed by atoms with Gasteiger partial charge in [-0.3, -0.25) is 14.2 Å². The van der Waals surface area contributed by atoms with Crippen LogP contribution in [0.3, 0.4) is 0 Å².